The third-order valence-corrected chi connectivity index (χ3v) is 4.93. The Morgan fingerprint density at radius 2 is 1.58 bits per heavy atom. The van der Waals surface area contributed by atoms with E-state index in [1.807, 2.05) is 6.92 Å². The van der Waals surface area contributed by atoms with E-state index in [1.165, 1.54) is 36.7 Å². The van der Waals surface area contributed by atoms with Crippen LogP contribution in [0.1, 0.15) is 30.9 Å². The molecule has 0 radical (unpaired) electrons. The molecular weight excluding hydrogens is 432 g/mol. The van der Waals surface area contributed by atoms with Crippen LogP contribution in [-0.4, -0.2) is 16.6 Å². The number of benzene rings is 3. The van der Waals surface area contributed by atoms with Crippen LogP contribution in [0.3, 0.4) is 0 Å². The first kappa shape index (κ1) is 22.3. The maximum atomic E-state index is 14.6. The second-order valence-corrected chi connectivity index (χ2v) is 7.31. The highest BCUT2D eigenvalue weighted by atomic mass is 19.2. The fourth-order valence-corrected chi connectivity index (χ4v) is 3.17. The highest BCUT2D eigenvalue weighted by molar-refractivity contribution is 5.84. The van der Waals surface area contributed by atoms with Crippen molar-refractivity contribution in [3.8, 4) is 29.0 Å². The summed E-state index contributed by atoms with van der Waals surface area (Å²) in [6.07, 6.45) is 4.80. The Hall–Kier alpha value is -3.92. The second kappa shape index (κ2) is 9.70. The summed E-state index contributed by atoms with van der Waals surface area (Å²) in [6.45, 7) is 2.59. The first-order valence-electron chi connectivity index (χ1n) is 10.3. The van der Waals surface area contributed by atoms with E-state index < -0.39 is 28.8 Å². The molecule has 33 heavy (non-hydrogen) atoms. The molecule has 0 N–H and O–H groups in total. The number of hydrogen-bond donors (Lipinski definition) is 0. The molecule has 166 valence electrons. The molecule has 1 aromatic heterocycles. The summed E-state index contributed by atoms with van der Waals surface area (Å²) in [5, 5.41) is 0.528. The van der Waals surface area contributed by atoms with Crippen molar-refractivity contribution < 1.29 is 22.3 Å². The number of rotatable bonds is 5. The highest BCUT2D eigenvalue weighted by Gasteiger charge is 2.13. The van der Waals surface area contributed by atoms with Gasteiger partial charge < -0.3 is 4.74 Å². The molecule has 0 saturated heterocycles. The number of aromatic nitrogens is 2. The van der Waals surface area contributed by atoms with Gasteiger partial charge in [0.05, 0.1) is 24.6 Å². The largest absolute Gasteiger partial charge is 0.490 e. The molecule has 0 fully saturated rings. The second-order valence-electron chi connectivity index (χ2n) is 7.31. The van der Waals surface area contributed by atoms with E-state index in [0.717, 1.165) is 31.0 Å². The lowest BCUT2D eigenvalue weighted by Gasteiger charge is -2.06. The predicted octanol–water partition coefficient (Wildman–Crippen LogP) is 6.43. The van der Waals surface area contributed by atoms with E-state index in [9.17, 15) is 17.6 Å². The van der Waals surface area contributed by atoms with Crippen LogP contribution in [0, 0.1) is 35.1 Å². The fourth-order valence-electron chi connectivity index (χ4n) is 3.17. The van der Waals surface area contributed by atoms with Gasteiger partial charge >= 0.3 is 0 Å². The molecule has 0 aliphatic carbocycles. The molecule has 0 aliphatic rings. The Labute approximate surface area is 188 Å². The van der Waals surface area contributed by atoms with E-state index in [0.29, 0.717) is 23.3 Å². The standard InChI is InChI=1S/C26H18F4N2O/c1-2-3-10-33-19-14-31-26(32-15-19)18-12-23(28)21(24(29)13-18)8-5-16-4-7-20-17(11-16)6-9-22(27)25(20)30/h4,6-7,9,11-15H,2-3,10H2,1H3. The van der Waals surface area contributed by atoms with E-state index in [1.54, 1.807) is 0 Å². The number of hydrogen-bond acceptors (Lipinski definition) is 3. The number of nitrogens with zero attached hydrogens (tertiary/aromatic N) is 2. The molecule has 7 heteroatoms. The van der Waals surface area contributed by atoms with Crippen LogP contribution in [0.15, 0.2) is 54.9 Å². The van der Waals surface area contributed by atoms with Crippen molar-refractivity contribution in [1.82, 2.24) is 9.97 Å². The van der Waals surface area contributed by atoms with Crippen molar-refractivity contribution in [2.75, 3.05) is 6.61 Å². The average molecular weight is 450 g/mol. The molecule has 3 nitrogen and oxygen atoms in total. The molecule has 0 saturated carbocycles. The van der Waals surface area contributed by atoms with Crippen molar-refractivity contribution in [3.63, 3.8) is 0 Å². The fraction of sp³-hybridized carbons (Fsp3) is 0.154. The van der Waals surface area contributed by atoms with Crippen molar-refractivity contribution in [2.45, 2.75) is 19.8 Å². The van der Waals surface area contributed by atoms with E-state index in [2.05, 4.69) is 21.8 Å². The molecular formula is C26H18F4N2O. The van der Waals surface area contributed by atoms with Crippen LogP contribution in [0.5, 0.6) is 5.75 Å². The molecule has 4 aromatic rings. The summed E-state index contributed by atoms with van der Waals surface area (Å²) < 4.78 is 61.9. The first-order chi connectivity index (χ1) is 16.0. The zero-order valence-corrected chi connectivity index (χ0v) is 17.6. The Morgan fingerprint density at radius 1 is 0.848 bits per heavy atom. The molecule has 1 heterocycles. The van der Waals surface area contributed by atoms with E-state index in [4.69, 9.17) is 4.74 Å². The average Bonchev–Trinajstić information content (AvgIpc) is 2.81. The smallest absolute Gasteiger partial charge is 0.166 e. The van der Waals surface area contributed by atoms with Crippen molar-refractivity contribution in [3.05, 3.63) is 89.3 Å². The third-order valence-electron chi connectivity index (χ3n) is 4.93. The van der Waals surface area contributed by atoms with E-state index in [-0.39, 0.29) is 16.8 Å². The van der Waals surface area contributed by atoms with E-state index >= 15 is 0 Å². The maximum absolute atomic E-state index is 14.6. The van der Waals surface area contributed by atoms with Crippen molar-refractivity contribution in [2.24, 2.45) is 0 Å². The van der Waals surface area contributed by atoms with Gasteiger partial charge in [-0.2, -0.15) is 0 Å². The van der Waals surface area contributed by atoms with Crippen LogP contribution >= 0.6 is 0 Å². The van der Waals surface area contributed by atoms with Crippen molar-refractivity contribution >= 4 is 10.8 Å². The van der Waals surface area contributed by atoms with Crippen LogP contribution in [0.25, 0.3) is 22.2 Å². The number of unbranched alkanes of at least 4 members (excludes halogenated alkanes) is 1. The first-order valence-corrected chi connectivity index (χ1v) is 10.3. The lowest BCUT2D eigenvalue weighted by atomic mass is 10.1. The predicted molar refractivity (Wildman–Crippen MR) is 118 cm³/mol. The zero-order valence-electron chi connectivity index (χ0n) is 17.6. The Bertz CT molecular complexity index is 1350. The van der Waals surface area contributed by atoms with Gasteiger partial charge in [-0.1, -0.05) is 37.3 Å². The zero-order chi connectivity index (χ0) is 23.4. The van der Waals surface area contributed by atoms with Crippen LogP contribution < -0.4 is 4.74 Å². The number of fused-ring (bicyclic) bond motifs is 1. The topological polar surface area (TPSA) is 35.0 Å². The molecule has 4 rings (SSSR count). The Morgan fingerprint density at radius 3 is 2.27 bits per heavy atom. The van der Waals surface area contributed by atoms with Gasteiger partial charge in [0.2, 0.25) is 0 Å². The Kier molecular flexibility index (Phi) is 6.55. The van der Waals surface area contributed by atoms with Crippen molar-refractivity contribution in [1.29, 1.82) is 0 Å². The minimum absolute atomic E-state index is 0.101. The molecule has 0 atom stereocenters. The summed E-state index contributed by atoms with van der Waals surface area (Å²) in [6, 6.07) is 9.00. The summed E-state index contributed by atoms with van der Waals surface area (Å²) in [7, 11) is 0. The van der Waals surface area contributed by atoms with Crippen LogP contribution in [-0.2, 0) is 0 Å². The van der Waals surface area contributed by atoms with Gasteiger partial charge in [-0.05, 0) is 42.1 Å². The summed E-state index contributed by atoms with van der Waals surface area (Å²) in [5.74, 6) is 2.14. The summed E-state index contributed by atoms with van der Waals surface area (Å²) in [5.41, 5.74) is 0.154. The quantitative estimate of drug-likeness (QED) is 0.200. The molecule has 0 bridgehead atoms. The highest BCUT2D eigenvalue weighted by Crippen LogP contribution is 2.24. The van der Waals surface area contributed by atoms with Gasteiger partial charge in [-0.15, -0.1) is 0 Å². The molecule has 0 amide bonds. The van der Waals surface area contributed by atoms with Gasteiger partial charge in [-0.25, -0.2) is 27.5 Å². The minimum atomic E-state index is -0.956. The monoisotopic (exact) mass is 450 g/mol. The maximum Gasteiger partial charge on any atom is 0.166 e. The van der Waals surface area contributed by atoms with Crippen LogP contribution in [0.2, 0.25) is 0 Å². The molecule has 0 aliphatic heterocycles. The lowest BCUT2D eigenvalue weighted by Crippen LogP contribution is -1.99. The SMILES string of the molecule is CCCCOc1cnc(-c2cc(F)c(C#Cc3ccc4c(F)c(F)ccc4c3)c(F)c2)nc1. The summed E-state index contributed by atoms with van der Waals surface area (Å²) >= 11 is 0. The molecule has 0 spiro atoms. The van der Waals surface area contributed by atoms with Gasteiger partial charge in [-0.3, -0.25) is 0 Å². The number of ether oxygens (including phenoxy) is 1. The van der Waals surface area contributed by atoms with Crippen LogP contribution in [0.4, 0.5) is 17.6 Å². The Balaban J connectivity index is 1.58. The lowest BCUT2D eigenvalue weighted by molar-refractivity contribution is 0.307. The number of halogens is 4. The van der Waals surface area contributed by atoms with Gasteiger partial charge in [0.15, 0.2) is 23.2 Å². The minimum Gasteiger partial charge on any atom is -0.490 e. The molecule has 3 aromatic carbocycles. The van der Waals surface area contributed by atoms with Gasteiger partial charge in [0, 0.05) is 16.5 Å². The molecule has 0 unspecified atom stereocenters. The third kappa shape index (κ3) is 4.96. The van der Waals surface area contributed by atoms with Gasteiger partial charge in [0.1, 0.15) is 11.6 Å². The van der Waals surface area contributed by atoms with Gasteiger partial charge in [0.25, 0.3) is 0 Å². The summed E-state index contributed by atoms with van der Waals surface area (Å²) in [4.78, 5) is 8.23. The normalized spacial score (nSPS) is 10.7.